The van der Waals surface area contributed by atoms with Crippen molar-refractivity contribution < 1.29 is 9.47 Å². The third-order valence-corrected chi connectivity index (χ3v) is 5.48. The van der Waals surface area contributed by atoms with Crippen LogP contribution in [0.4, 0.5) is 11.6 Å². The Labute approximate surface area is 171 Å². The molecular weight excluding hydrogens is 398 g/mol. The number of imidazole rings is 1. The molecule has 29 heavy (non-hydrogen) atoms. The lowest BCUT2D eigenvalue weighted by molar-refractivity contribution is 0.184. The van der Waals surface area contributed by atoms with Gasteiger partial charge in [-0.2, -0.15) is 4.98 Å². The fourth-order valence-corrected chi connectivity index (χ4v) is 3.96. The first-order valence-corrected chi connectivity index (χ1v) is 9.65. The van der Waals surface area contributed by atoms with Gasteiger partial charge in [-0.15, -0.1) is 0 Å². The largest absolute Gasteiger partial charge is 0.495 e. The zero-order valence-electron chi connectivity index (χ0n) is 16.5. The molecule has 0 bridgehead atoms. The van der Waals surface area contributed by atoms with Crippen LogP contribution < -0.4 is 20.9 Å². The van der Waals surface area contributed by atoms with Crippen molar-refractivity contribution in [1.29, 1.82) is 0 Å². The summed E-state index contributed by atoms with van der Waals surface area (Å²) in [5.74, 6) is 1.20. The van der Waals surface area contributed by atoms with Crippen molar-refractivity contribution in [2.24, 2.45) is 7.05 Å². The maximum atomic E-state index is 13.1. The van der Waals surface area contributed by atoms with Crippen LogP contribution in [0.2, 0.25) is 5.02 Å². The van der Waals surface area contributed by atoms with E-state index in [1.54, 1.807) is 20.2 Å². The van der Waals surface area contributed by atoms with E-state index < -0.39 is 5.69 Å². The van der Waals surface area contributed by atoms with E-state index >= 15 is 0 Å². The number of rotatable bonds is 5. The highest BCUT2D eigenvalue weighted by atomic mass is 35.5. The molecule has 10 heteroatoms. The van der Waals surface area contributed by atoms with Crippen molar-refractivity contribution in [2.45, 2.75) is 19.5 Å². The third kappa shape index (κ3) is 3.10. The molecule has 1 aromatic carbocycles. The van der Waals surface area contributed by atoms with E-state index in [0.29, 0.717) is 34.4 Å². The maximum absolute atomic E-state index is 13.1. The smallest absolute Gasteiger partial charge is 0.332 e. The van der Waals surface area contributed by atoms with Gasteiger partial charge in [0.15, 0.2) is 11.2 Å². The van der Waals surface area contributed by atoms with Gasteiger partial charge in [0.2, 0.25) is 5.95 Å². The average molecular weight is 420 g/mol. The number of hydrogen-bond acceptors (Lipinski definition) is 6. The molecule has 0 fully saturated rings. The molecule has 0 amide bonds. The molecule has 0 saturated carbocycles. The second-order valence-electron chi connectivity index (χ2n) is 6.85. The number of halogens is 1. The maximum Gasteiger partial charge on any atom is 0.332 e. The lowest BCUT2D eigenvalue weighted by Gasteiger charge is -2.29. The van der Waals surface area contributed by atoms with Crippen LogP contribution in [0.3, 0.4) is 0 Å². The number of anilines is 2. The SMILES string of the molecule is COCCn1c(=O)c2c(nc3n2CCCN3c2ccc(OC)c(Cl)c2)n(C)c1=O. The summed E-state index contributed by atoms with van der Waals surface area (Å²) in [5, 5.41) is 0.493. The minimum absolute atomic E-state index is 0.191. The predicted octanol–water partition coefficient (Wildman–Crippen LogP) is 1.75. The van der Waals surface area contributed by atoms with Crippen LogP contribution in [0, 0.1) is 0 Å². The summed E-state index contributed by atoms with van der Waals surface area (Å²) in [6, 6.07) is 5.51. The molecule has 0 N–H and O–H groups in total. The summed E-state index contributed by atoms with van der Waals surface area (Å²) in [4.78, 5) is 32.4. The molecule has 0 aliphatic carbocycles. The quantitative estimate of drug-likeness (QED) is 0.626. The van der Waals surface area contributed by atoms with Gasteiger partial charge in [0.05, 0.1) is 25.3 Å². The van der Waals surface area contributed by atoms with Gasteiger partial charge >= 0.3 is 5.69 Å². The van der Waals surface area contributed by atoms with Crippen molar-refractivity contribution in [1.82, 2.24) is 18.7 Å². The van der Waals surface area contributed by atoms with Crippen LogP contribution >= 0.6 is 11.6 Å². The topological polar surface area (TPSA) is 83.5 Å². The number of methoxy groups -OCH3 is 2. The lowest BCUT2D eigenvalue weighted by atomic mass is 10.2. The van der Waals surface area contributed by atoms with E-state index in [9.17, 15) is 9.59 Å². The monoisotopic (exact) mass is 419 g/mol. The molecular formula is C19H22ClN5O4. The van der Waals surface area contributed by atoms with Crippen molar-refractivity contribution in [2.75, 3.05) is 32.3 Å². The van der Waals surface area contributed by atoms with Crippen LogP contribution in [0.25, 0.3) is 11.2 Å². The van der Waals surface area contributed by atoms with Crippen LogP contribution in [0.1, 0.15) is 6.42 Å². The fraction of sp³-hybridized carbons (Fsp3) is 0.421. The number of nitrogens with zero attached hydrogens (tertiary/aromatic N) is 5. The lowest BCUT2D eigenvalue weighted by Crippen LogP contribution is -2.40. The summed E-state index contributed by atoms with van der Waals surface area (Å²) < 4.78 is 14.8. The second kappa shape index (κ2) is 7.57. The number of fused-ring (bicyclic) bond motifs is 3. The molecule has 154 valence electrons. The fourth-order valence-electron chi connectivity index (χ4n) is 3.71. The summed E-state index contributed by atoms with van der Waals surface area (Å²) in [6.45, 7) is 1.83. The Morgan fingerprint density at radius 1 is 1.21 bits per heavy atom. The molecule has 0 saturated heterocycles. The molecule has 3 aromatic rings. The Kier molecular flexibility index (Phi) is 5.10. The van der Waals surface area contributed by atoms with Gasteiger partial charge in [0.25, 0.3) is 5.56 Å². The first kappa shape index (κ1) is 19.5. The molecule has 1 aliphatic rings. The van der Waals surface area contributed by atoms with E-state index in [1.807, 2.05) is 21.6 Å². The zero-order chi connectivity index (χ0) is 20.7. The predicted molar refractivity (Wildman–Crippen MR) is 111 cm³/mol. The molecule has 0 radical (unpaired) electrons. The molecule has 2 aromatic heterocycles. The first-order valence-electron chi connectivity index (χ1n) is 9.28. The molecule has 3 heterocycles. The van der Waals surface area contributed by atoms with E-state index in [0.717, 1.165) is 18.7 Å². The van der Waals surface area contributed by atoms with Crippen molar-refractivity contribution >= 4 is 34.4 Å². The Bertz CT molecular complexity index is 1200. The van der Waals surface area contributed by atoms with Crippen LogP contribution in [0.15, 0.2) is 27.8 Å². The summed E-state index contributed by atoms with van der Waals surface area (Å²) in [7, 11) is 4.73. The van der Waals surface area contributed by atoms with E-state index in [4.69, 9.17) is 21.1 Å². The van der Waals surface area contributed by atoms with Gasteiger partial charge in [-0.05, 0) is 24.6 Å². The van der Waals surface area contributed by atoms with E-state index in [-0.39, 0.29) is 18.7 Å². The molecule has 0 atom stereocenters. The molecule has 0 spiro atoms. The van der Waals surface area contributed by atoms with Gasteiger partial charge in [-0.25, -0.2) is 4.79 Å². The molecule has 0 unspecified atom stereocenters. The summed E-state index contributed by atoms with van der Waals surface area (Å²) in [5.41, 5.74) is 0.872. The number of hydrogen-bond donors (Lipinski definition) is 0. The normalized spacial score (nSPS) is 13.7. The summed E-state index contributed by atoms with van der Waals surface area (Å²) in [6.07, 6.45) is 0.822. The standard InChI is InChI=1S/C19H22ClN5O4/c1-22-16-15(17(26)25(19(22)27)9-10-28-2)24-8-4-7-23(18(24)21-16)12-5-6-14(29-3)13(20)11-12/h5-6,11H,4,7-10H2,1-3H3. The van der Waals surface area contributed by atoms with Crippen LogP contribution in [-0.2, 0) is 24.9 Å². The number of ether oxygens (including phenoxy) is 2. The van der Waals surface area contributed by atoms with E-state index in [1.165, 1.54) is 16.2 Å². The van der Waals surface area contributed by atoms with Crippen LogP contribution in [0.5, 0.6) is 5.75 Å². The summed E-state index contributed by atoms with van der Waals surface area (Å²) >= 11 is 6.31. The Morgan fingerprint density at radius 2 is 2.00 bits per heavy atom. The zero-order valence-corrected chi connectivity index (χ0v) is 17.3. The molecule has 4 rings (SSSR count). The number of aryl methyl sites for hydroxylation is 2. The minimum atomic E-state index is -0.408. The average Bonchev–Trinajstić information content (AvgIpc) is 3.12. The Balaban J connectivity index is 1.91. The second-order valence-corrected chi connectivity index (χ2v) is 7.26. The van der Waals surface area contributed by atoms with Gasteiger partial charge in [-0.3, -0.25) is 13.9 Å². The molecule has 1 aliphatic heterocycles. The minimum Gasteiger partial charge on any atom is -0.495 e. The number of aromatic nitrogens is 4. The van der Waals surface area contributed by atoms with Gasteiger partial charge in [0.1, 0.15) is 5.75 Å². The third-order valence-electron chi connectivity index (χ3n) is 5.18. The Morgan fingerprint density at radius 3 is 2.69 bits per heavy atom. The number of benzene rings is 1. The van der Waals surface area contributed by atoms with Gasteiger partial charge in [0, 0.05) is 32.9 Å². The van der Waals surface area contributed by atoms with Crippen LogP contribution in [-0.4, -0.2) is 46.1 Å². The van der Waals surface area contributed by atoms with Crippen molar-refractivity contribution in [3.63, 3.8) is 0 Å². The van der Waals surface area contributed by atoms with Crippen molar-refractivity contribution in [3.8, 4) is 5.75 Å². The highest BCUT2D eigenvalue weighted by Gasteiger charge is 2.27. The highest BCUT2D eigenvalue weighted by Crippen LogP contribution is 2.35. The van der Waals surface area contributed by atoms with Crippen molar-refractivity contribution in [3.05, 3.63) is 44.1 Å². The van der Waals surface area contributed by atoms with Gasteiger partial charge < -0.3 is 18.9 Å². The Hall–Kier alpha value is -2.78. The van der Waals surface area contributed by atoms with Gasteiger partial charge in [-0.1, -0.05) is 11.6 Å². The van der Waals surface area contributed by atoms with E-state index in [2.05, 4.69) is 4.98 Å². The first-order chi connectivity index (χ1) is 14.0. The molecule has 9 nitrogen and oxygen atoms in total. The highest BCUT2D eigenvalue weighted by molar-refractivity contribution is 6.32.